The van der Waals surface area contributed by atoms with Gasteiger partial charge in [-0.2, -0.15) is 0 Å². The molecule has 1 aliphatic heterocycles. The normalized spacial score (nSPS) is 27.1. The molecule has 6 N–H and O–H groups in total. The predicted octanol–water partition coefficient (Wildman–Crippen LogP) is 2.18. The number of carboxylic acid groups (broad SMARTS) is 1. The van der Waals surface area contributed by atoms with Crippen LogP contribution in [0.15, 0.2) is 12.2 Å². The van der Waals surface area contributed by atoms with E-state index in [0.29, 0.717) is 4.90 Å². The van der Waals surface area contributed by atoms with Crippen molar-refractivity contribution in [2.24, 2.45) is 35.5 Å². The van der Waals surface area contributed by atoms with E-state index in [4.69, 9.17) is 0 Å². The van der Waals surface area contributed by atoms with Crippen molar-refractivity contribution >= 4 is 70.9 Å². The molecule has 0 aromatic heterocycles. The molecule has 26 heteroatoms. The quantitative estimate of drug-likeness (QED) is 0.0953. The van der Waals surface area contributed by atoms with Gasteiger partial charge in [0.2, 0.25) is 65.1 Å². The third kappa shape index (κ3) is 21.5. The Kier molecular flexibility index (Phi) is 31.8. The number of rotatable bonds is 16. The molecule has 1 unspecified atom stereocenters. The van der Waals surface area contributed by atoms with E-state index in [-0.39, 0.29) is 49.9 Å². The lowest BCUT2D eigenvalue weighted by Crippen LogP contribution is -2.64. The van der Waals surface area contributed by atoms with Crippen LogP contribution in [0.4, 0.5) is 0 Å². The zero-order valence-electron chi connectivity index (χ0n) is 58.6. The van der Waals surface area contributed by atoms with Crippen molar-refractivity contribution in [2.75, 3.05) is 56.4 Å². The highest BCUT2D eigenvalue weighted by Crippen LogP contribution is 2.27. The van der Waals surface area contributed by atoms with Crippen LogP contribution < -0.4 is 16.0 Å². The van der Waals surface area contributed by atoms with Crippen LogP contribution in [-0.4, -0.2) is 260 Å². The summed E-state index contributed by atoms with van der Waals surface area (Å²) in [5.41, 5.74) is -1.72. The van der Waals surface area contributed by atoms with Crippen molar-refractivity contribution in [2.45, 2.75) is 234 Å². The second-order valence-corrected chi connectivity index (χ2v) is 27.3. The number of nitrogens with zero attached hydrogens (tertiary/aromatic N) is 8. The van der Waals surface area contributed by atoms with Crippen molar-refractivity contribution in [3.63, 3.8) is 0 Å². The van der Waals surface area contributed by atoms with Crippen LogP contribution in [0.25, 0.3) is 0 Å². The molecule has 514 valence electrons. The van der Waals surface area contributed by atoms with E-state index in [0.717, 1.165) is 33.7 Å². The predicted molar refractivity (Wildman–Crippen MR) is 341 cm³/mol. The number of aliphatic carboxylic acids is 1. The third-order valence-corrected chi connectivity index (χ3v) is 16.9. The standard InChI is InChI=1S/C64H113N11O15/c1-26-28-29-39(13)51(76)49-61(86)68(18)42(27-2)56(81)75(25)50(63(88)89)62(87)72(22)46(33-64(16,17)90)54(79)67-47(37(9)10)59(84)69(19)43(30-34(3)4)53(78)65-40(14)52(77)66-41(15)55(80)70(20)44(31-35(5)6)57(82)71(21)45(32-36(7)8)58(83)73(23)48(38(11)12)60(85)74(49)24/h26,28,34-51,76,90H,27,29-33H2,1-25H3,(H,65,78)(H,66,77)(H,67,79)(H,88,89)/b28-26+/t39-,40+,41-,42+,43+,44+,45+,46+,47+,48+,49+,50?,51-/m1/s1. The fourth-order valence-corrected chi connectivity index (χ4v) is 11.3. The Morgan fingerprint density at radius 1 is 0.489 bits per heavy atom. The number of nitrogens with one attached hydrogen (secondary N) is 3. The first-order valence-electron chi connectivity index (χ1n) is 31.6. The van der Waals surface area contributed by atoms with E-state index in [1.807, 2.05) is 27.7 Å². The minimum Gasteiger partial charge on any atom is -0.479 e. The number of likely N-dealkylation sites (N-methyl/N-ethyl adjacent to an activating group) is 8. The zero-order chi connectivity index (χ0) is 70.2. The highest BCUT2D eigenvalue weighted by atomic mass is 16.4. The fraction of sp³-hybridized carbons (Fsp3) is 0.781. The van der Waals surface area contributed by atoms with Gasteiger partial charge in [-0.3, -0.25) is 52.7 Å². The smallest absolute Gasteiger partial charge is 0.336 e. The summed E-state index contributed by atoms with van der Waals surface area (Å²) >= 11 is 0. The van der Waals surface area contributed by atoms with Crippen molar-refractivity contribution in [1.29, 1.82) is 0 Å². The van der Waals surface area contributed by atoms with Crippen LogP contribution >= 0.6 is 0 Å². The molecule has 0 radical (unpaired) electrons. The minimum absolute atomic E-state index is 0.0663. The molecule has 1 fully saturated rings. The van der Waals surface area contributed by atoms with E-state index in [1.165, 1.54) is 91.6 Å². The van der Waals surface area contributed by atoms with E-state index in [2.05, 4.69) is 16.0 Å². The van der Waals surface area contributed by atoms with Crippen LogP contribution in [0.3, 0.4) is 0 Å². The number of hydrogen-bond acceptors (Lipinski definition) is 14. The summed E-state index contributed by atoms with van der Waals surface area (Å²) in [4.78, 5) is 184. The van der Waals surface area contributed by atoms with Gasteiger partial charge in [0.25, 0.3) is 5.91 Å². The molecule has 0 spiro atoms. The Labute approximate surface area is 535 Å². The molecule has 0 aliphatic carbocycles. The summed E-state index contributed by atoms with van der Waals surface area (Å²) in [6, 6.07) is -16.4. The lowest BCUT2D eigenvalue weighted by atomic mass is 9.91. The van der Waals surface area contributed by atoms with Crippen LogP contribution in [0.5, 0.6) is 0 Å². The maximum Gasteiger partial charge on any atom is 0.336 e. The summed E-state index contributed by atoms with van der Waals surface area (Å²) in [5, 5.41) is 42.2. The molecule has 1 aliphatic rings. The van der Waals surface area contributed by atoms with Crippen molar-refractivity contribution < 1.29 is 72.9 Å². The molecule has 26 nitrogen and oxygen atoms in total. The van der Waals surface area contributed by atoms with E-state index in [9.17, 15) is 53.7 Å². The molecular weight excluding hydrogens is 1160 g/mol. The van der Waals surface area contributed by atoms with Gasteiger partial charge in [0.15, 0.2) is 0 Å². The maximum atomic E-state index is 15.3. The molecule has 0 bridgehead atoms. The number of carbonyl (C=O) groups is 12. The molecule has 0 aromatic rings. The summed E-state index contributed by atoms with van der Waals surface area (Å²) < 4.78 is 0. The highest BCUT2D eigenvalue weighted by Gasteiger charge is 2.48. The molecule has 11 amide bonds. The minimum atomic E-state index is -2.37. The number of carbonyl (C=O) groups excluding carboxylic acids is 11. The number of aliphatic hydroxyl groups excluding tert-OH is 1. The molecule has 1 rings (SSSR count). The van der Waals surface area contributed by atoms with Crippen LogP contribution in [-0.2, 0) is 57.5 Å². The van der Waals surface area contributed by atoms with Gasteiger partial charge < -0.3 is 70.5 Å². The maximum absolute atomic E-state index is 15.3. The van der Waals surface area contributed by atoms with Gasteiger partial charge in [0, 0.05) is 62.8 Å². The lowest BCUT2D eigenvalue weighted by molar-refractivity contribution is -0.164. The van der Waals surface area contributed by atoms with Crippen molar-refractivity contribution in [3.8, 4) is 0 Å². The largest absolute Gasteiger partial charge is 0.479 e. The Hall–Kier alpha value is -6.70. The van der Waals surface area contributed by atoms with Crippen LogP contribution in [0, 0.1) is 35.5 Å². The van der Waals surface area contributed by atoms with Crippen LogP contribution in [0.1, 0.15) is 156 Å². The fourth-order valence-electron chi connectivity index (χ4n) is 11.3. The number of aliphatic hydroxyl groups is 2. The van der Waals surface area contributed by atoms with E-state index in [1.54, 1.807) is 67.5 Å². The Bertz CT molecular complexity index is 2550. The molecule has 1 heterocycles. The van der Waals surface area contributed by atoms with Crippen molar-refractivity contribution in [1.82, 2.24) is 55.1 Å². The number of carboxylic acids is 1. The Balaban J connectivity index is 4.55. The molecule has 90 heavy (non-hydrogen) atoms. The van der Waals surface area contributed by atoms with E-state index >= 15 is 19.2 Å². The first-order valence-corrected chi connectivity index (χ1v) is 31.6. The summed E-state index contributed by atoms with van der Waals surface area (Å²) in [6.45, 7) is 28.0. The van der Waals surface area contributed by atoms with Gasteiger partial charge in [-0.15, -0.1) is 0 Å². The number of amides is 11. The van der Waals surface area contributed by atoms with Gasteiger partial charge in [-0.05, 0) is 102 Å². The van der Waals surface area contributed by atoms with Crippen LogP contribution in [0.2, 0.25) is 0 Å². The third-order valence-electron chi connectivity index (χ3n) is 16.9. The van der Waals surface area contributed by atoms with Gasteiger partial charge in [0.05, 0.1) is 11.7 Å². The Morgan fingerprint density at radius 2 is 0.878 bits per heavy atom. The Morgan fingerprint density at radius 3 is 1.31 bits per heavy atom. The second-order valence-electron chi connectivity index (χ2n) is 27.3. The first kappa shape index (κ1) is 81.3. The molecule has 13 atom stereocenters. The molecular formula is C64H113N11O15. The number of hydrogen-bond donors (Lipinski definition) is 6. The highest BCUT2D eigenvalue weighted by molar-refractivity contribution is 6.06. The van der Waals surface area contributed by atoms with Gasteiger partial charge >= 0.3 is 5.97 Å². The topological polar surface area (TPSA) is 328 Å². The number of allylic oxidation sites excluding steroid dienone is 2. The van der Waals surface area contributed by atoms with Gasteiger partial charge in [-0.1, -0.05) is 95.2 Å². The summed E-state index contributed by atoms with van der Waals surface area (Å²) in [6.07, 6.45) is 1.66. The van der Waals surface area contributed by atoms with Crippen molar-refractivity contribution in [3.05, 3.63) is 12.2 Å². The average molecular weight is 1280 g/mol. The van der Waals surface area contributed by atoms with E-state index < -0.39 is 173 Å². The first-order chi connectivity index (χ1) is 41.3. The second kappa shape index (κ2) is 35.2. The average Bonchev–Trinajstić information content (AvgIpc) is 1.54. The molecule has 1 saturated heterocycles. The molecule has 0 saturated carbocycles. The summed E-state index contributed by atoms with van der Waals surface area (Å²) in [7, 11) is 10.2. The lowest BCUT2D eigenvalue weighted by Gasteiger charge is -2.42. The zero-order valence-corrected chi connectivity index (χ0v) is 58.6. The molecule has 0 aromatic carbocycles. The SMILES string of the molecule is C/C=C/C[C@@H](C)[C@@H](O)[C@H]1C(=O)N(C)[C@@H](CC)C(=O)N(C)C(C(=O)O)C(=O)N(C)[C@@H](CC(C)(C)O)C(=O)N[C@@H](C(C)C)C(=O)N(C)[C@@H](CC(C)C)C(=O)N[C@@H](C)C(=O)N[C@H](C)C(=O)N(C)[C@@H](CC(C)C)C(=O)N(C)[C@@H](CC(C)C)C(=O)N(C)[C@@H](C(C)C)C(=O)N1C. The van der Waals surface area contributed by atoms with Gasteiger partial charge in [0.1, 0.15) is 60.4 Å². The van der Waals surface area contributed by atoms with Gasteiger partial charge in [-0.25, -0.2) is 4.79 Å². The summed E-state index contributed by atoms with van der Waals surface area (Å²) in [5.74, 6) is -14.0. The monoisotopic (exact) mass is 1280 g/mol.